The molecule has 0 aromatic carbocycles. The number of aliphatic carboxylic acids is 2. The molecule has 32 heavy (non-hydrogen) atoms. The highest BCUT2D eigenvalue weighted by molar-refractivity contribution is 7.94. The van der Waals surface area contributed by atoms with Gasteiger partial charge in [0.2, 0.25) is 6.61 Å². The van der Waals surface area contributed by atoms with Gasteiger partial charge >= 0.3 is 11.9 Å². The number of thiazole rings is 1. The molecule has 0 radical (unpaired) electrons. The van der Waals surface area contributed by atoms with Crippen molar-refractivity contribution in [3.63, 3.8) is 0 Å². The van der Waals surface area contributed by atoms with E-state index in [1.165, 1.54) is 10.4 Å². The quantitative estimate of drug-likeness (QED) is 0.219. The van der Waals surface area contributed by atoms with E-state index in [0.29, 0.717) is 5.01 Å². The van der Waals surface area contributed by atoms with Gasteiger partial charge in [0, 0.05) is 18.2 Å². The molecule has 2 aliphatic heterocycles. The van der Waals surface area contributed by atoms with Crippen molar-refractivity contribution in [2.75, 3.05) is 31.7 Å². The first kappa shape index (κ1) is 23.1. The summed E-state index contributed by atoms with van der Waals surface area (Å²) in [5.41, 5.74) is 4.34. The van der Waals surface area contributed by atoms with Gasteiger partial charge in [-0.05, 0) is 0 Å². The number of sulfone groups is 1. The molecule has 1 atom stereocenters. The zero-order valence-electron chi connectivity index (χ0n) is 16.2. The van der Waals surface area contributed by atoms with E-state index in [0.717, 1.165) is 17.6 Å². The molecule has 2 aliphatic rings. The second kappa shape index (κ2) is 8.52. The van der Waals surface area contributed by atoms with E-state index in [4.69, 9.17) is 10.8 Å². The number of carboxylic acid groups (broad SMARTS) is 2. The molecule has 15 nitrogen and oxygen atoms in total. The largest absolute Gasteiger partial charge is 0.479 e. The number of hydrogen-bond acceptors (Lipinski definition) is 12. The topological polar surface area (TPSA) is 222 Å². The molecule has 0 saturated carbocycles. The highest BCUT2D eigenvalue weighted by atomic mass is 32.2. The first-order valence-electron chi connectivity index (χ1n) is 8.59. The van der Waals surface area contributed by atoms with Crippen molar-refractivity contribution >= 4 is 55.8 Å². The molecule has 3 heterocycles. The van der Waals surface area contributed by atoms with Crippen molar-refractivity contribution < 1.29 is 42.6 Å². The standard InChI is InChI=1S/C15H16N6O9S2/c1-32(28,29)8-3-20-2-6(13(25)21(20)11(8)14(26)27)17-12(24)10(19-30-4-9(22)23)7-5-31-15(16)18-7/h5-6H,2-4H2,1H3,(H2,16,18)(H,17,24)(H,22,23)(H,26,27)/b19-10+/t6-/m0/s1. The van der Waals surface area contributed by atoms with Gasteiger partial charge in [-0.3, -0.25) is 9.59 Å². The lowest BCUT2D eigenvalue weighted by atomic mass is 10.2. The molecular weight excluding hydrogens is 472 g/mol. The van der Waals surface area contributed by atoms with E-state index < -0.39 is 62.6 Å². The van der Waals surface area contributed by atoms with Crippen LogP contribution in [0.2, 0.25) is 0 Å². The summed E-state index contributed by atoms with van der Waals surface area (Å²) >= 11 is 0.975. The summed E-state index contributed by atoms with van der Waals surface area (Å²) in [6.45, 7) is -1.42. The second-order valence-electron chi connectivity index (χ2n) is 6.55. The first-order valence-corrected chi connectivity index (χ1v) is 11.4. The summed E-state index contributed by atoms with van der Waals surface area (Å²) in [7, 11) is -3.89. The van der Waals surface area contributed by atoms with Gasteiger partial charge in [-0.15, -0.1) is 11.3 Å². The van der Waals surface area contributed by atoms with Gasteiger partial charge in [-0.1, -0.05) is 5.16 Å². The number of anilines is 1. The predicted octanol–water partition coefficient (Wildman–Crippen LogP) is -2.57. The SMILES string of the molecule is CS(=O)(=O)C1=C(C(=O)O)N2C(=O)[C@@H](NC(=O)/C(=N/OCC(=O)O)c3csc(N)n3)CN2C1. The average Bonchev–Trinajstić information content (AvgIpc) is 3.34. The Balaban J connectivity index is 1.83. The number of nitrogens with one attached hydrogen (secondary N) is 1. The molecule has 0 unspecified atom stereocenters. The Kier molecular flexibility index (Phi) is 6.15. The van der Waals surface area contributed by atoms with Crippen molar-refractivity contribution in [2.24, 2.45) is 5.16 Å². The normalized spacial score (nSPS) is 19.3. The predicted molar refractivity (Wildman–Crippen MR) is 107 cm³/mol. The highest BCUT2D eigenvalue weighted by Gasteiger charge is 2.50. The molecule has 0 aliphatic carbocycles. The molecule has 1 aromatic heterocycles. The van der Waals surface area contributed by atoms with Crippen molar-refractivity contribution in [1.82, 2.24) is 20.3 Å². The molecule has 1 aromatic rings. The number of fused-ring (bicyclic) bond motifs is 1. The lowest BCUT2D eigenvalue weighted by Gasteiger charge is -2.18. The number of aromatic nitrogens is 1. The summed E-state index contributed by atoms with van der Waals surface area (Å²) in [6, 6.07) is -1.25. The van der Waals surface area contributed by atoms with Crippen LogP contribution in [-0.4, -0.2) is 95.1 Å². The Morgan fingerprint density at radius 1 is 1.41 bits per heavy atom. The maximum Gasteiger partial charge on any atom is 0.355 e. The van der Waals surface area contributed by atoms with Crippen LogP contribution in [0, 0.1) is 0 Å². The molecule has 1 fully saturated rings. The van der Waals surface area contributed by atoms with Crippen LogP contribution in [0.4, 0.5) is 5.13 Å². The summed E-state index contributed by atoms with van der Waals surface area (Å²) in [5, 5.41) is 27.2. The molecule has 172 valence electrons. The zero-order chi connectivity index (χ0) is 23.8. The van der Waals surface area contributed by atoms with Gasteiger partial charge < -0.3 is 26.1 Å². The van der Waals surface area contributed by atoms with Crippen LogP contribution in [0.15, 0.2) is 21.1 Å². The number of carbonyl (C=O) groups is 4. The summed E-state index contributed by atoms with van der Waals surface area (Å²) < 4.78 is 23.8. The van der Waals surface area contributed by atoms with E-state index in [1.54, 1.807) is 0 Å². The number of hydrogen-bond donors (Lipinski definition) is 4. The smallest absolute Gasteiger partial charge is 0.355 e. The minimum atomic E-state index is -3.89. The van der Waals surface area contributed by atoms with E-state index in [9.17, 15) is 32.7 Å². The highest BCUT2D eigenvalue weighted by Crippen LogP contribution is 2.31. The van der Waals surface area contributed by atoms with Crippen molar-refractivity contribution in [3.8, 4) is 0 Å². The minimum Gasteiger partial charge on any atom is -0.479 e. The van der Waals surface area contributed by atoms with Crippen LogP contribution in [0.1, 0.15) is 5.69 Å². The third-order valence-electron chi connectivity index (χ3n) is 4.26. The minimum absolute atomic E-state index is 0.0351. The molecule has 2 amide bonds. The van der Waals surface area contributed by atoms with Gasteiger partial charge in [-0.2, -0.15) is 0 Å². The van der Waals surface area contributed by atoms with Crippen LogP contribution < -0.4 is 11.1 Å². The lowest BCUT2D eigenvalue weighted by molar-refractivity contribution is -0.143. The van der Waals surface area contributed by atoms with Crippen LogP contribution in [-0.2, 0) is 33.9 Å². The van der Waals surface area contributed by atoms with Crippen LogP contribution >= 0.6 is 11.3 Å². The van der Waals surface area contributed by atoms with Crippen molar-refractivity contribution in [3.05, 3.63) is 21.7 Å². The maximum absolute atomic E-state index is 12.8. The third kappa shape index (κ3) is 4.53. The summed E-state index contributed by atoms with van der Waals surface area (Å²) in [4.78, 5) is 55.8. The number of carboxylic acids is 2. The van der Waals surface area contributed by atoms with E-state index in [-0.39, 0.29) is 23.9 Å². The van der Waals surface area contributed by atoms with Crippen molar-refractivity contribution in [1.29, 1.82) is 0 Å². The Morgan fingerprint density at radius 2 is 2.09 bits per heavy atom. The van der Waals surface area contributed by atoms with Crippen molar-refractivity contribution in [2.45, 2.75) is 6.04 Å². The Morgan fingerprint density at radius 3 is 2.62 bits per heavy atom. The summed E-state index contributed by atoms with van der Waals surface area (Å²) in [5.74, 6) is -4.81. The Labute approximate surface area is 183 Å². The van der Waals surface area contributed by atoms with E-state index in [2.05, 4.69) is 20.3 Å². The number of amides is 2. The third-order valence-corrected chi connectivity index (χ3v) is 6.16. The molecule has 1 saturated heterocycles. The van der Waals surface area contributed by atoms with Crippen LogP contribution in [0.3, 0.4) is 0 Å². The molecule has 0 bridgehead atoms. The second-order valence-corrected chi connectivity index (χ2v) is 9.48. The molecule has 3 rings (SSSR count). The fourth-order valence-corrected chi connectivity index (χ4v) is 4.45. The molecule has 5 N–H and O–H groups in total. The van der Waals surface area contributed by atoms with E-state index in [1.807, 2.05) is 0 Å². The molecular formula is C15H16N6O9S2. The van der Waals surface area contributed by atoms with Crippen LogP contribution in [0.25, 0.3) is 0 Å². The van der Waals surface area contributed by atoms with Crippen LogP contribution in [0.5, 0.6) is 0 Å². The zero-order valence-corrected chi connectivity index (χ0v) is 17.8. The number of oxime groups is 1. The Bertz CT molecular complexity index is 1170. The van der Waals surface area contributed by atoms with Gasteiger partial charge in [0.25, 0.3) is 11.8 Å². The maximum atomic E-state index is 12.8. The number of carbonyl (C=O) groups excluding carboxylic acids is 2. The van der Waals surface area contributed by atoms with E-state index >= 15 is 0 Å². The monoisotopic (exact) mass is 488 g/mol. The van der Waals surface area contributed by atoms with Gasteiger partial charge in [0.15, 0.2) is 26.4 Å². The number of rotatable bonds is 8. The first-order chi connectivity index (χ1) is 14.9. The van der Waals surface area contributed by atoms with Gasteiger partial charge in [-0.25, -0.2) is 33.0 Å². The number of nitrogen functional groups attached to an aromatic ring is 1. The Hall–Kier alpha value is -3.57. The fraction of sp³-hybridized carbons (Fsp3) is 0.333. The number of nitrogens with zero attached hydrogens (tertiary/aromatic N) is 4. The average molecular weight is 488 g/mol. The summed E-state index contributed by atoms with van der Waals surface area (Å²) in [6.07, 6.45) is 0.831. The molecule has 17 heteroatoms. The van der Waals surface area contributed by atoms with Gasteiger partial charge in [0.1, 0.15) is 11.7 Å². The molecule has 0 spiro atoms. The van der Waals surface area contributed by atoms with Gasteiger partial charge in [0.05, 0.1) is 11.4 Å². The number of hydrazine groups is 1. The fourth-order valence-electron chi connectivity index (χ4n) is 2.99. The number of nitrogens with two attached hydrogens (primary N) is 1. The lowest BCUT2D eigenvalue weighted by Crippen LogP contribution is -2.46.